The van der Waals surface area contributed by atoms with E-state index in [1.807, 2.05) is 0 Å². The zero-order chi connectivity index (χ0) is 10.4. The first-order chi connectivity index (χ1) is 6.68. The number of amides is 2. The Morgan fingerprint density at radius 3 is 2.79 bits per heavy atom. The molecular formula is C9H14N2O3. The van der Waals surface area contributed by atoms with Crippen LogP contribution in [-0.4, -0.2) is 37.6 Å². The molecule has 0 aromatic carbocycles. The number of nitrogens with one attached hydrogen (secondary N) is 2. The average Bonchev–Trinajstić information content (AvgIpc) is 2.63. The predicted molar refractivity (Wildman–Crippen MR) is 49.3 cm³/mol. The van der Waals surface area contributed by atoms with Crippen LogP contribution in [0.1, 0.15) is 12.8 Å². The summed E-state index contributed by atoms with van der Waals surface area (Å²) in [4.78, 5) is 21.3. The van der Waals surface area contributed by atoms with E-state index in [0.29, 0.717) is 6.54 Å². The van der Waals surface area contributed by atoms with Crippen molar-refractivity contribution in [2.24, 2.45) is 0 Å². The van der Waals surface area contributed by atoms with Crippen LogP contribution in [0.2, 0.25) is 0 Å². The van der Waals surface area contributed by atoms with Crippen LogP contribution in [0, 0.1) is 6.92 Å². The molecule has 5 heteroatoms. The molecular weight excluding hydrogens is 184 g/mol. The maximum absolute atomic E-state index is 11.1. The smallest absolute Gasteiger partial charge is 0.239 e. The van der Waals surface area contributed by atoms with E-state index in [2.05, 4.69) is 10.6 Å². The second-order valence-electron chi connectivity index (χ2n) is 3.16. The fourth-order valence-corrected chi connectivity index (χ4v) is 1.26. The molecule has 1 rings (SSSR count). The molecule has 14 heavy (non-hydrogen) atoms. The molecule has 5 nitrogen and oxygen atoms in total. The maximum Gasteiger partial charge on any atom is 0.239 e. The lowest BCUT2D eigenvalue weighted by molar-refractivity contribution is -0.124. The van der Waals surface area contributed by atoms with Crippen molar-refractivity contribution < 1.29 is 14.3 Å². The molecule has 1 fully saturated rings. The quantitative estimate of drug-likeness (QED) is 0.615. The fourth-order valence-electron chi connectivity index (χ4n) is 1.26. The normalized spacial score (nSPS) is 20.5. The molecule has 0 aliphatic carbocycles. The monoisotopic (exact) mass is 198 g/mol. The molecule has 1 aliphatic rings. The number of hydrogen-bond donors (Lipinski definition) is 2. The summed E-state index contributed by atoms with van der Waals surface area (Å²) in [7, 11) is 0. The number of carbonyl (C=O) groups is 2. The van der Waals surface area contributed by atoms with Crippen molar-refractivity contribution in [2.75, 3.05) is 19.7 Å². The highest BCUT2D eigenvalue weighted by molar-refractivity contribution is 5.86. The Balaban J connectivity index is 2.05. The zero-order valence-corrected chi connectivity index (χ0v) is 7.91. The Bertz CT molecular complexity index is 212. The van der Waals surface area contributed by atoms with Gasteiger partial charge in [0, 0.05) is 13.2 Å². The van der Waals surface area contributed by atoms with Crippen LogP contribution in [-0.2, 0) is 14.3 Å². The van der Waals surface area contributed by atoms with Gasteiger partial charge in [-0.3, -0.25) is 9.59 Å². The van der Waals surface area contributed by atoms with Crippen molar-refractivity contribution in [1.29, 1.82) is 0 Å². The van der Waals surface area contributed by atoms with Crippen molar-refractivity contribution in [2.45, 2.75) is 18.9 Å². The molecule has 0 aromatic heterocycles. The number of rotatable bonds is 4. The Morgan fingerprint density at radius 1 is 1.43 bits per heavy atom. The van der Waals surface area contributed by atoms with Crippen LogP contribution in [0.25, 0.3) is 0 Å². The summed E-state index contributed by atoms with van der Waals surface area (Å²) < 4.78 is 5.30. The molecule has 0 bridgehead atoms. The van der Waals surface area contributed by atoms with Crippen LogP contribution >= 0.6 is 0 Å². The molecule has 1 atom stereocenters. The van der Waals surface area contributed by atoms with E-state index in [9.17, 15) is 9.59 Å². The Labute approximate surface area is 83.2 Å². The van der Waals surface area contributed by atoms with Gasteiger partial charge in [-0.05, 0) is 12.8 Å². The minimum atomic E-state index is -0.697. The first kappa shape index (κ1) is 11.0. The van der Waals surface area contributed by atoms with Crippen LogP contribution in [0.5, 0.6) is 0 Å². The molecule has 1 aliphatic heterocycles. The second-order valence-corrected chi connectivity index (χ2v) is 3.16. The van der Waals surface area contributed by atoms with E-state index >= 15 is 0 Å². The van der Waals surface area contributed by atoms with Crippen molar-refractivity contribution in [1.82, 2.24) is 10.6 Å². The third-order valence-corrected chi connectivity index (χ3v) is 1.97. The molecule has 2 radical (unpaired) electrons. The van der Waals surface area contributed by atoms with Gasteiger partial charge in [-0.2, -0.15) is 0 Å². The lowest BCUT2D eigenvalue weighted by atomic mass is 10.2. The van der Waals surface area contributed by atoms with E-state index in [4.69, 9.17) is 11.7 Å². The number of hydrogen-bond acceptors (Lipinski definition) is 3. The van der Waals surface area contributed by atoms with Crippen LogP contribution < -0.4 is 10.6 Å². The predicted octanol–water partition coefficient (Wildman–Crippen LogP) is -0.891. The average molecular weight is 198 g/mol. The SMILES string of the molecule is [CH]C(=O)NCC(=O)NCC1CCCO1. The van der Waals surface area contributed by atoms with Crippen LogP contribution in [0.3, 0.4) is 0 Å². The van der Waals surface area contributed by atoms with Gasteiger partial charge in [0.15, 0.2) is 0 Å². The maximum atomic E-state index is 11.1. The third kappa shape index (κ3) is 4.23. The summed E-state index contributed by atoms with van der Waals surface area (Å²) in [5, 5.41) is 4.85. The van der Waals surface area contributed by atoms with Crippen molar-refractivity contribution in [3.05, 3.63) is 6.92 Å². The van der Waals surface area contributed by atoms with Gasteiger partial charge in [-0.15, -0.1) is 0 Å². The number of ether oxygens (including phenoxy) is 1. The van der Waals surface area contributed by atoms with Crippen molar-refractivity contribution in [3.63, 3.8) is 0 Å². The van der Waals surface area contributed by atoms with Gasteiger partial charge in [0.2, 0.25) is 11.8 Å². The highest BCUT2D eigenvalue weighted by Crippen LogP contribution is 2.10. The summed E-state index contributed by atoms with van der Waals surface area (Å²) in [5.74, 6) is -0.948. The van der Waals surface area contributed by atoms with Gasteiger partial charge in [-0.25, -0.2) is 0 Å². The molecule has 0 aromatic rings. The molecule has 0 saturated carbocycles. The van der Waals surface area contributed by atoms with Crippen molar-refractivity contribution in [3.8, 4) is 0 Å². The largest absolute Gasteiger partial charge is 0.376 e. The standard InChI is InChI=1S/C9H14N2O3/c1-7(12)10-6-9(13)11-5-8-3-2-4-14-8/h1,8H,2-6H2,(H,10,12)(H,11,13). The molecule has 1 heterocycles. The summed E-state index contributed by atoms with van der Waals surface area (Å²) in [6, 6.07) is 0. The van der Waals surface area contributed by atoms with E-state index in [1.165, 1.54) is 0 Å². The van der Waals surface area contributed by atoms with Gasteiger partial charge in [0.05, 0.1) is 19.6 Å². The second kappa shape index (κ2) is 5.59. The lowest BCUT2D eigenvalue weighted by Gasteiger charge is -2.10. The van der Waals surface area contributed by atoms with E-state index < -0.39 is 5.91 Å². The van der Waals surface area contributed by atoms with E-state index in [0.717, 1.165) is 19.4 Å². The van der Waals surface area contributed by atoms with E-state index in [-0.39, 0.29) is 18.6 Å². The van der Waals surface area contributed by atoms with Crippen molar-refractivity contribution >= 4 is 11.8 Å². The van der Waals surface area contributed by atoms with E-state index in [1.54, 1.807) is 0 Å². The Hall–Kier alpha value is -1.10. The first-order valence-electron chi connectivity index (χ1n) is 4.60. The molecule has 2 amide bonds. The number of carbonyl (C=O) groups excluding carboxylic acids is 2. The molecule has 2 N–H and O–H groups in total. The topological polar surface area (TPSA) is 67.4 Å². The van der Waals surface area contributed by atoms with Gasteiger partial charge < -0.3 is 15.4 Å². The molecule has 78 valence electrons. The third-order valence-electron chi connectivity index (χ3n) is 1.97. The molecule has 1 saturated heterocycles. The highest BCUT2D eigenvalue weighted by Gasteiger charge is 2.15. The summed E-state index contributed by atoms with van der Waals surface area (Å²) in [6.07, 6.45) is 2.14. The van der Waals surface area contributed by atoms with Gasteiger partial charge in [-0.1, -0.05) is 0 Å². The summed E-state index contributed by atoms with van der Waals surface area (Å²) >= 11 is 0. The minimum absolute atomic E-state index is 0.0813. The molecule has 1 unspecified atom stereocenters. The molecule has 0 spiro atoms. The van der Waals surface area contributed by atoms with Crippen LogP contribution in [0.4, 0.5) is 0 Å². The van der Waals surface area contributed by atoms with Gasteiger partial charge >= 0.3 is 0 Å². The first-order valence-corrected chi connectivity index (χ1v) is 4.60. The fraction of sp³-hybridized carbons (Fsp3) is 0.667. The van der Waals surface area contributed by atoms with Crippen LogP contribution in [0.15, 0.2) is 0 Å². The van der Waals surface area contributed by atoms with Gasteiger partial charge in [0.1, 0.15) is 0 Å². The Morgan fingerprint density at radius 2 is 2.21 bits per heavy atom. The van der Waals surface area contributed by atoms with Gasteiger partial charge in [0.25, 0.3) is 0 Å². The lowest BCUT2D eigenvalue weighted by Crippen LogP contribution is -2.39. The minimum Gasteiger partial charge on any atom is -0.376 e. The Kier molecular flexibility index (Phi) is 4.39. The highest BCUT2D eigenvalue weighted by atomic mass is 16.5. The summed E-state index contributed by atoms with van der Waals surface area (Å²) in [5.41, 5.74) is 0. The zero-order valence-electron chi connectivity index (χ0n) is 7.91. The summed E-state index contributed by atoms with van der Waals surface area (Å²) in [6.45, 7) is 5.99.